The predicted molar refractivity (Wildman–Crippen MR) is 131 cm³/mol. The van der Waals surface area contributed by atoms with Gasteiger partial charge in [-0.25, -0.2) is 0 Å². The Kier molecular flexibility index (Phi) is 6.21. The molecular weight excluding hydrogens is 430 g/mol. The molecule has 1 atom stereocenters. The van der Waals surface area contributed by atoms with Crippen molar-refractivity contribution in [2.75, 3.05) is 10.7 Å². The second-order valence-corrected chi connectivity index (χ2v) is 9.13. The molecule has 0 saturated carbocycles. The SMILES string of the molecule is CC1CCc2ccccc2N1C(=O)CSc1nnc(-c2cccnc2)n1Cc1ccccc1. The number of rotatable bonds is 6. The third kappa shape index (κ3) is 4.54. The van der Waals surface area contributed by atoms with Crippen molar-refractivity contribution in [1.82, 2.24) is 19.7 Å². The number of hydrogen-bond donors (Lipinski definition) is 0. The van der Waals surface area contributed by atoms with E-state index in [2.05, 4.69) is 44.9 Å². The monoisotopic (exact) mass is 455 g/mol. The largest absolute Gasteiger partial charge is 0.309 e. The highest BCUT2D eigenvalue weighted by Gasteiger charge is 2.28. The topological polar surface area (TPSA) is 63.9 Å². The van der Waals surface area contributed by atoms with E-state index in [1.807, 2.05) is 53.4 Å². The number of para-hydroxylation sites is 1. The summed E-state index contributed by atoms with van der Waals surface area (Å²) in [5.41, 5.74) is 4.32. The Morgan fingerprint density at radius 3 is 2.67 bits per heavy atom. The average molecular weight is 456 g/mol. The highest BCUT2D eigenvalue weighted by Crippen LogP contribution is 2.32. The van der Waals surface area contributed by atoms with Crippen molar-refractivity contribution >= 4 is 23.4 Å². The van der Waals surface area contributed by atoms with Crippen LogP contribution in [0.15, 0.2) is 84.3 Å². The number of nitrogens with zero attached hydrogens (tertiary/aromatic N) is 5. The van der Waals surface area contributed by atoms with Gasteiger partial charge >= 0.3 is 0 Å². The van der Waals surface area contributed by atoms with Crippen LogP contribution in [0.25, 0.3) is 11.4 Å². The zero-order valence-corrected chi connectivity index (χ0v) is 19.3. The molecule has 0 radical (unpaired) electrons. The molecule has 5 rings (SSSR count). The molecule has 0 saturated heterocycles. The zero-order valence-electron chi connectivity index (χ0n) is 18.5. The fourth-order valence-corrected chi connectivity index (χ4v) is 5.07. The standard InChI is InChI=1S/C26H25N5OS/c1-19-13-14-21-10-5-6-12-23(21)31(19)24(32)18-33-26-29-28-25(22-11-7-15-27-16-22)30(26)17-20-8-3-2-4-9-20/h2-12,15-16,19H,13-14,17-18H2,1H3. The summed E-state index contributed by atoms with van der Waals surface area (Å²) in [6.45, 7) is 2.74. The van der Waals surface area contributed by atoms with Crippen LogP contribution in [-0.4, -0.2) is 37.5 Å². The lowest BCUT2D eigenvalue weighted by atomic mass is 9.97. The van der Waals surface area contributed by atoms with Gasteiger partial charge in [-0.15, -0.1) is 10.2 Å². The second kappa shape index (κ2) is 9.58. The third-order valence-corrected chi connectivity index (χ3v) is 6.89. The van der Waals surface area contributed by atoms with E-state index in [4.69, 9.17) is 0 Å². The van der Waals surface area contributed by atoms with E-state index in [9.17, 15) is 4.79 Å². The Bertz CT molecular complexity index is 1240. The van der Waals surface area contributed by atoms with Crippen LogP contribution in [0, 0.1) is 0 Å². The van der Waals surface area contributed by atoms with Crippen molar-refractivity contribution < 1.29 is 4.79 Å². The minimum absolute atomic E-state index is 0.0943. The van der Waals surface area contributed by atoms with Crippen LogP contribution >= 0.6 is 11.8 Å². The molecule has 33 heavy (non-hydrogen) atoms. The lowest BCUT2D eigenvalue weighted by Gasteiger charge is -2.35. The first kappa shape index (κ1) is 21.4. The number of hydrogen-bond acceptors (Lipinski definition) is 5. The quantitative estimate of drug-likeness (QED) is 0.389. The molecule has 6 nitrogen and oxygen atoms in total. The Morgan fingerprint density at radius 2 is 1.85 bits per heavy atom. The van der Waals surface area contributed by atoms with Crippen molar-refractivity contribution in [3.8, 4) is 11.4 Å². The Hall–Kier alpha value is -3.45. The summed E-state index contributed by atoms with van der Waals surface area (Å²) in [6, 6.07) is 22.5. The van der Waals surface area contributed by atoms with Gasteiger partial charge in [0.05, 0.1) is 12.3 Å². The summed E-state index contributed by atoms with van der Waals surface area (Å²) < 4.78 is 2.07. The van der Waals surface area contributed by atoms with Crippen molar-refractivity contribution in [2.45, 2.75) is 37.5 Å². The van der Waals surface area contributed by atoms with Gasteiger partial charge < -0.3 is 4.90 Å². The molecule has 0 spiro atoms. The lowest BCUT2D eigenvalue weighted by Crippen LogP contribution is -2.43. The third-order valence-electron chi connectivity index (χ3n) is 5.94. The number of pyridine rings is 1. The molecule has 0 N–H and O–H groups in total. The molecule has 7 heteroatoms. The summed E-state index contributed by atoms with van der Waals surface area (Å²) in [5.74, 6) is 1.15. The molecule has 1 aliphatic heterocycles. The van der Waals surface area contributed by atoms with Crippen LogP contribution < -0.4 is 4.90 Å². The Labute approximate surface area is 197 Å². The first-order chi connectivity index (χ1) is 16.2. The summed E-state index contributed by atoms with van der Waals surface area (Å²) in [5, 5.41) is 9.62. The molecular formula is C26H25N5OS. The first-order valence-electron chi connectivity index (χ1n) is 11.1. The summed E-state index contributed by atoms with van der Waals surface area (Å²) in [4.78, 5) is 19.5. The summed E-state index contributed by atoms with van der Waals surface area (Å²) in [7, 11) is 0. The molecule has 2 aromatic carbocycles. The van der Waals surface area contributed by atoms with E-state index < -0.39 is 0 Å². The number of benzene rings is 2. The molecule has 0 bridgehead atoms. The van der Waals surface area contributed by atoms with Crippen molar-refractivity contribution in [3.05, 3.63) is 90.3 Å². The van der Waals surface area contributed by atoms with E-state index >= 15 is 0 Å². The van der Waals surface area contributed by atoms with Gasteiger partial charge in [-0.2, -0.15) is 0 Å². The van der Waals surface area contributed by atoms with Crippen molar-refractivity contribution in [3.63, 3.8) is 0 Å². The van der Waals surface area contributed by atoms with Crippen LogP contribution in [0.3, 0.4) is 0 Å². The fraction of sp³-hybridized carbons (Fsp3) is 0.231. The molecule has 1 amide bonds. The van der Waals surface area contributed by atoms with E-state index in [1.165, 1.54) is 17.3 Å². The Morgan fingerprint density at radius 1 is 1.03 bits per heavy atom. The van der Waals surface area contributed by atoms with E-state index in [-0.39, 0.29) is 11.9 Å². The van der Waals surface area contributed by atoms with Gasteiger partial charge in [-0.05, 0) is 49.1 Å². The van der Waals surface area contributed by atoms with Crippen LogP contribution in [-0.2, 0) is 17.8 Å². The predicted octanol–water partition coefficient (Wildman–Crippen LogP) is 4.85. The molecule has 0 aliphatic carbocycles. The number of amides is 1. The second-order valence-electron chi connectivity index (χ2n) is 8.19. The zero-order chi connectivity index (χ0) is 22.6. The van der Waals surface area contributed by atoms with Crippen LogP contribution in [0.4, 0.5) is 5.69 Å². The van der Waals surface area contributed by atoms with Crippen molar-refractivity contribution in [2.24, 2.45) is 0 Å². The normalized spacial score (nSPS) is 15.3. The van der Waals surface area contributed by atoms with Gasteiger partial charge in [0.25, 0.3) is 0 Å². The maximum atomic E-state index is 13.3. The maximum absolute atomic E-state index is 13.3. The number of fused-ring (bicyclic) bond motifs is 1. The summed E-state index contributed by atoms with van der Waals surface area (Å²) >= 11 is 1.44. The van der Waals surface area contributed by atoms with E-state index in [0.29, 0.717) is 12.3 Å². The van der Waals surface area contributed by atoms with Gasteiger partial charge in [-0.3, -0.25) is 14.3 Å². The first-order valence-corrected chi connectivity index (χ1v) is 12.1. The molecule has 166 valence electrons. The van der Waals surface area contributed by atoms with Gasteiger partial charge in [0, 0.05) is 29.7 Å². The van der Waals surface area contributed by atoms with Crippen molar-refractivity contribution in [1.29, 1.82) is 0 Å². The molecule has 2 aromatic heterocycles. The maximum Gasteiger partial charge on any atom is 0.237 e. The number of aromatic nitrogens is 4. The fourth-order valence-electron chi connectivity index (χ4n) is 4.28. The van der Waals surface area contributed by atoms with Gasteiger partial charge in [0.1, 0.15) is 0 Å². The Balaban J connectivity index is 1.41. The smallest absolute Gasteiger partial charge is 0.237 e. The number of carbonyl (C=O) groups excluding carboxylic acids is 1. The minimum atomic E-state index is 0.0943. The number of carbonyl (C=O) groups is 1. The lowest BCUT2D eigenvalue weighted by molar-refractivity contribution is -0.116. The molecule has 1 aliphatic rings. The van der Waals surface area contributed by atoms with E-state index in [0.717, 1.165) is 40.6 Å². The highest BCUT2D eigenvalue weighted by molar-refractivity contribution is 7.99. The average Bonchev–Trinajstić information content (AvgIpc) is 3.26. The number of anilines is 1. The number of aryl methyl sites for hydroxylation is 1. The molecule has 3 heterocycles. The minimum Gasteiger partial charge on any atom is -0.309 e. The highest BCUT2D eigenvalue weighted by atomic mass is 32.2. The molecule has 0 fully saturated rings. The van der Waals surface area contributed by atoms with E-state index in [1.54, 1.807) is 12.4 Å². The van der Waals surface area contributed by atoms with Gasteiger partial charge in [0.2, 0.25) is 5.91 Å². The van der Waals surface area contributed by atoms with Gasteiger partial charge in [0.15, 0.2) is 11.0 Å². The van der Waals surface area contributed by atoms with Crippen LogP contribution in [0.2, 0.25) is 0 Å². The molecule has 4 aromatic rings. The molecule has 1 unspecified atom stereocenters. The van der Waals surface area contributed by atoms with Gasteiger partial charge in [-0.1, -0.05) is 60.3 Å². The van der Waals surface area contributed by atoms with Crippen LogP contribution in [0.5, 0.6) is 0 Å². The summed E-state index contributed by atoms with van der Waals surface area (Å²) in [6.07, 6.45) is 5.52. The van der Waals surface area contributed by atoms with Crippen LogP contribution in [0.1, 0.15) is 24.5 Å². The number of thioether (sulfide) groups is 1.